The maximum Gasteiger partial charge on any atom is 0.173 e. The molecule has 0 N–H and O–H groups in total. The van der Waals surface area contributed by atoms with Crippen molar-refractivity contribution >= 4 is 6.40 Å². The average Bonchev–Trinajstić information content (AvgIpc) is 1.89. The van der Waals surface area contributed by atoms with Gasteiger partial charge in [0, 0.05) is 12.3 Å². The van der Waals surface area contributed by atoms with Crippen molar-refractivity contribution in [2.24, 2.45) is 4.99 Å². The maximum absolute atomic E-state index is 7.97. The Labute approximate surface area is 54.3 Å². The molecule has 0 atom stereocenters. The summed E-state index contributed by atoms with van der Waals surface area (Å²) >= 11 is 0. The Bertz CT molecular complexity index is 144. The summed E-state index contributed by atoms with van der Waals surface area (Å²) in [5.41, 5.74) is 0. The predicted molar refractivity (Wildman–Crippen MR) is 34.9 cm³/mol. The van der Waals surface area contributed by atoms with E-state index in [1.807, 2.05) is 6.92 Å². The highest BCUT2D eigenvalue weighted by Gasteiger charge is 1.65. The van der Waals surface area contributed by atoms with Gasteiger partial charge >= 0.3 is 0 Å². The van der Waals surface area contributed by atoms with E-state index in [1.165, 1.54) is 18.7 Å². The molecule has 0 aliphatic heterocycles. The quantitative estimate of drug-likeness (QED) is 0.321. The molecule has 0 saturated carbocycles. The molecule has 0 aromatic carbocycles. The molecule has 0 aromatic heterocycles. The number of nitrogens with zero attached hydrogens (tertiary/aromatic N) is 2. The highest BCUT2D eigenvalue weighted by Crippen LogP contribution is 1.71. The molecule has 0 aliphatic rings. The van der Waals surface area contributed by atoms with Crippen LogP contribution in [0.5, 0.6) is 0 Å². The minimum absolute atomic E-state index is 0.601. The second-order valence-corrected chi connectivity index (χ2v) is 1.15. The van der Waals surface area contributed by atoms with Crippen molar-refractivity contribution in [3.05, 3.63) is 12.3 Å². The smallest absolute Gasteiger partial charge is 0.173 e. The molecule has 0 fully saturated rings. The van der Waals surface area contributed by atoms with Crippen molar-refractivity contribution in [3.8, 4) is 6.07 Å². The molecule has 0 aliphatic carbocycles. The lowest BCUT2D eigenvalue weighted by atomic mass is 10.7. The Kier molecular flexibility index (Phi) is 5.73. The summed E-state index contributed by atoms with van der Waals surface area (Å²) in [4.78, 5) is 3.60. The molecule has 0 unspecified atom stereocenters. The third kappa shape index (κ3) is 6.70. The van der Waals surface area contributed by atoms with Crippen LogP contribution in [0.1, 0.15) is 6.92 Å². The van der Waals surface area contributed by atoms with Crippen LogP contribution in [0, 0.1) is 11.3 Å². The van der Waals surface area contributed by atoms with Crippen molar-refractivity contribution in [2.75, 3.05) is 6.61 Å². The van der Waals surface area contributed by atoms with Crippen molar-refractivity contribution in [1.29, 1.82) is 5.26 Å². The first-order valence-electron chi connectivity index (χ1n) is 2.59. The predicted octanol–water partition coefficient (Wildman–Crippen LogP) is 1.09. The van der Waals surface area contributed by atoms with Gasteiger partial charge in [-0.05, 0) is 6.92 Å². The van der Waals surface area contributed by atoms with Gasteiger partial charge in [-0.3, -0.25) is 0 Å². The third-order valence-electron chi connectivity index (χ3n) is 0.537. The summed E-state index contributed by atoms with van der Waals surface area (Å²) in [5, 5.41) is 7.97. The second-order valence-electron chi connectivity index (χ2n) is 1.15. The van der Waals surface area contributed by atoms with Crippen LogP contribution < -0.4 is 0 Å². The van der Waals surface area contributed by atoms with E-state index in [2.05, 4.69) is 4.99 Å². The molecule has 3 nitrogen and oxygen atoms in total. The molecule has 0 amide bonds. The second kappa shape index (κ2) is 6.70. The molecule has 48 valence electrons. The molecular formula is C6H8N2O. The normalized spacial score (nSPS) is 10.2. The molecule has 3 heteroatoms. The number of rotatable bonds is 3. The van der Waals surface area contributed by atoms with Gasteiger partial charge < -0.3 is 4.74 Å². The van der Waals surface area contributed by atoms with Crippen molar-refractivity contribution in [1.82, 2.24) is 0 Å². The summed E-state index contributed by atoms with van der Waals surface area (Å²) in [5.74, 6) is 0. The van der Waals surface area contributed by atoms with Crippen LogP contribution in [0.15, 0.2) is 17.3 Å². The molecular weight excluding hydrogens is 116 g/mol. The first-order chi connectivity index (χ1) is 4.41. The van der Waals surface area contributed by atoms with Gasteiger partial charge in [-0.25, -0.2) is 4.99 Å². The largest absolute Gasteiger partial charge is 0.483 e. The van der Waals surface area contributed by atoms with Crippen LogP contribution in [-0.4, -0.2) is 13.0 Å². The Balaban J connectivity index is 3.27. The van der Waals surface area contributed by atoms with Gasteiger partial charge in [-0.1, -0.05) is 0 Å². The number of ether oxygens (including phenoxy) is 1. The van der Waals surface area contributed by atoms with Crippen molar-refractivity contribution in [3.63, 3.8) is 0 Å². The molecule has 0 heterocycles. The van der Waals surface area contributed by atoms with Crippen LogP contribution >= 0.6 is 0 Å². The van der Waals surface area contributed by atoms with Crippen molar-refractivity contribution < 1.29 is 4.74 Å². The van der Waals surface area contributed by atoms with Crippen LogP contribution in [0.2, 0.25) is 0 Å². The lowest BCUT2D eigenvalue weighted by Crippen LogP contribution is -1.82. The van der Waals surface area contributed by atoms with Crippen LogP contribution in [0.4, 0.5) is 0 Å². The maximum atomic E-state index is 7.97. The Morgan fingerprint density at radius 3 is 3.11 bits per heavy atom. The van der Waals surface area contributed by atoms with Gasteiger partial charge in [0.2, 0.25) is 0 Å². The molecule has 0 radical (unpaired) electrons. The zero-order valence-electron chi connectivity index (χ0n) is 5.24. The monoisotopic (exact) mass is 124 g/mol. The lowest BCUT2D eigenvalue weighted by Gasteiger charge is -1.86. The minimum Gasteiger partial charge on any atom is -0.483 e. The number of allylic oxidation sites excluding steroid dienone is 1. The topological polar surface area (TPSA) is 45.4 Å². The zero-order chi connectivity index (χ0) is 6.95. The average molecular weight is 124 g/mol. The fraction of sp³-hybridized carbons (Fsp3) is 0.333. The van der Waals surface area contributed by atoms with E-state index in [9.17, 15) is 0 Å². The van der Waals surface area contributed by atoms with E-state index in [-0.39, 0.29) is 0 Å². The fourth-order valence-corrected chi connectivity index (χ4v) is 0.229. The van der Waals surface area contributed by atoms with E-state index >= 15 is 0 Å². The van der Waals surface area contributed by atoms with E-state index in [0.29, 0.717) is 6.61 Å². The van der Waals surface area contributed by atoms with Gasteiger partial charge in [0.1, 0.15) is 0 Å². The summed E-state index contributed by atoms with van der Waals surface area (Å²) in [6.45, 7) is 2.46. The van der Waals surface area contributed by atoms with Crippen LogP contribution in [-0.2, 0) is 4.74 Å². The molecule has 0 rings (SSSR count). The van der Waals surface area contributed by atoms with Gasteiger partial charge in [0.25, 0.3) is 0 Å². The first kappa shape index (κ1) is 7.70. The Hall–Kier alpha value is -1.30. The number of aliphatic imine (C=N–C) groups is 1. The van der Waals surface area contributed by atoms with Gasteiger partial charge in [0.15, 0.2) is 6.40 Å². The van der Waals surface area contributed by atoms with Crippen LogP contribution in [0.3, 0.4) is 0 Å². The highest BCUT2D eigenvalue weighted by atomic mass is 16.5. The molecule has 0 aromatic rings. The van der Waals surface area contributed by atoms with Crippen LogP contribution in [0.25, 0.3) is 0 Å². The third-order valence-corrected chi connectivity index (χ3v) is 0.537. The molecule has 9 heavy (non-hydrogen) atoms. The standard InChI is InChI=1S/C6H8N2O/c1-2-9-6-8-5-3-4-7/h3,5-6H,2H2,1H3/b5-3-,8-6?. The number of hydrogen-bond donors (Lipinski definition) is 0. The van der Waals surface area contributed by atoms with E-state index in [1.54, 1.807) is 6.07 Å². The molecule has 0 spiro atoms. The summed E-state index contributed by atoms with van der Waals surface area (Å²) in [6, 6.07) is 1.79. The fourth-order valence-electron chi connectivity index (χ4n) is 0.229. The summed E-state index contributed by atoms with van der Waals surface area (Å²) < 4.78 is 4.73. The number of nitriles is 1. The number of hydrogen-bond acceptors (Lipinski definition) is 3. The summed E-state index contributed by atoms with van der Waals surface area (Å²) in [6.07, 6.45) is 3.94. The van der Waals surface area contributed by atoms with E-state index in [4.69, 9.17) is 10.00 Å². The van der Waals surface area contributed by atoms with E-state index in [0.717, 1.165) is 0 Å². The van der Waals surface area contributed by atoms with E-state index < -0.39 is 0 Å². The molecule has 0 saturated heterocycles. The van der Waals surface area contributed by atoms with Gasteiger partial charge in [-0.2, -0.15) is 5.26 Å². The van der Waals surface area contributed by atoms with Gasteiger partial charge in [-0.15, -0.1) is 0 Å². The van der Waals surface area contributed by atoms with Crippen molar-refractivity contribution in [2.45, 2.75) is 6.92 Å². The Morgan fingerprint density at radius 1 is 1.78 bits per heavy atom. The molecule has 0 bridgehead atoms. The SMILES string of the molecule is CCOC=N/C=C\C#N. The first-order valence-corrected chi connectivity index (χ1v) is 2.59. The minimum atomic E-state index is 0.601. The Morgan fingerprint density at radius 2 is 2.56 bits per heavy atom. The van der Waals surface area contributed by atoms with Gasteiger partial charge in [0.05, 0.1) is 12.7 Å². The summed E-state index contributed by atoms with van der Waals surface area (Å²) in [7, 11) is 0. The zero-order valence-corrected chi connectivity index (χ0v) is 5.24. The lowest BCUT2D eigenvalue weighted by molar-refractivity contribution is 0.344. The highest BCUT2D eigenvalue weighted by molar-refractivity contribution is 5.47.